The Hall–Kier alpha value is -5.46. The molecule has 0 radical (unpaired) electrons. The van der Waals surface area contributed by atoms with Crippen molar-refractivity contribution in [3.63, 3.8) is 0 Å². The maximum absolute atomic E-state index is 12.5. The first-order chi connectivity index (χ1) is 16.8. The molecule has 0 aliphatic carbocycles. The predicted octanol–water partition coefficient (Wildman–Crippen LogP) is 1.14. The lowest BCUT2D eigenvalue weighted by Crippen LogP contribution is -2.58. The molecule has 1 aliphatic heterocycles. The number of imide groups is 2. The summed E-state index contributed by atoms with van der Waals surface area (Å²) >= 11 is 0. The van der Waals surface area contributed by atoms with Crippen LogP contribution in [0, 0.1) is 10.1 Å². The molecule has 1 saturated heterocycles. The second kappa shape index (κ2) is 8.15. The molecule has 0 atom stereocenters. The molecule has 4 aromatic rings. The second-order valence-corrected chi connectivity index (χ2v) is 7.11. The van der Waals surface area contributed by atoms with Crippen LogP contribution in [-0.2, 0) is 19.2 Å². The minimum absolute atomic E-state index is 0.0737. The van der Waals surface area contributed by atoms with Gasteiger partial charge in [0, 0.05) is 35.0 Å². The minimum Gasteiger partial charge on any atom is -0.437 e. The number of rotatable bonds is 3. The van der Waals surface area contributed by atoms with E-state index in [9.17, 15) is 29.3 Å². The van der Waals surface area contributed by atoms with Crippen molar-refractivity contribution in [2.75, 3.05) is 0 Å². The van der Waals surface area contributed by atoms with Crippen LogP contribution in [0.5, 0.6) is 0 Å². The van der Waals surface area contributed by atoms with E-state index in [2.05, 4.69) is 10.2 Å². The van der Waals surface area contributed by atoms with Crippen molar-refractivity contribution in [1.82, 2.24) is 10.0 Å². The summed E-state index contributed by atoms with van der Waals surface area (Å²) in [5, 5.41) is 19.6. The molecule has 5 rings (SSSR count). The fourth-order valence-electron chi connectivity index (χ4n) is 3.23. The second-order valence-electron chi connectivity index (χ2n) is 7.11. The number of benzene rings is 2. The van der Waals surface area contributed by atoms with Gasteiger partial charge in [-0.15, -0.1) is 20.2 Å². The standard InChI is InChI=1S/C22H11N5O8/c28-19-21(30)26(24-18-10-6-13-11-14(27(32)33)7-8-16(13)35-18)22(31)20(29)25(19)23-17-9-5-12-3-1-2-4-15(12)34-17/h1-11H/b23-17-,24-18+. The van der Waals surface area contributed by atoms with E-state index in [0.717, 1.165) is 5.39 Å². The number of non-ortho nitro benzene ring substituents is 1. The quantitative estimate of drug-likeness (QED) is 0.185. The summed E-state index contributed by atoms with van der Waals surface area (Å²) in [5.41, 5.74) is -0.0975. The van der Waals surface area contributed by atoms with Gasteiger partial charge in [-0.2, -0.15) is 0 Å². The number of para-hydroxylation sites is 1. The van der Waals surface area contributed by atoms with Crippen LogP contribution in [-0.4, -0.2) is 38.6 Å². The predicted molar refractivity (Wildman–Crippen MR) is 114 cm³/mol. The minimum atomic E-state index is -1.45. The molecule has 1 aliphatic rings. The van der Waals surface area contributed by atoms with E-state index in [1.807, 2.05) is 0 Å². The molecule has 3 heterocycles. The summed E-state index contributed by atoms with van der Waals surface area (Å²) in [6.45, 7) is 0. The van der Waals surface area contributed by atoms with Crippen LogP contribution in [0.25, 0.3) is 21.9 Å². The highest BCUT2D eigenvalue weighted by molar-refractivity contribution is 6.54. The number of amides is 4. The topological polar surface area (TPSA) is 169 Å². The summed E-state index contributed by atoms with van der Waals surface area (Å²) in [6.07, 6.45) is 0. The Kier molecular flexibility index (Phi) is 4.98. The summed E-state index contributed by atoms with van der Waals surface area (Å²) < 4.78 is 10.9. The Morgan fingerprint density at radius 2 is 1.17 bits per heavy atom. The molecule has 0 bridgehead atoms. The van der Waals surface area contributed by atoms with Crippen molar-refractivity contribution in [2.45, 2.75) is 0 Å². The van der Waals surface area contributed by atoms with Gasteiger partial charge in [0.2, 0.25) is 11.1 Å². The van der Waals surface area contributed by atoms with Crippen LogP contribution in [0.1, 0.15) is 0 Å². The SMILES string of the molecule is O=C1C(=O)N(/N=c2\ccc3cc([N+](=O)[O-])ccc3o2)C(=O)C(=O)N1/N=c1/ccc2ccccc2o1. The number of piperazine rings is 1. The van der Waals surface area contributed by atoms with Gasteiger partial charge in [0.1, 0.15) is 11.2 Å². The Labute approximate surface area is 192 Å². The normalized spacial score (nSPS) is 15.5. The maximum atomic E-state index is 12.5. The zero-order valence-electron chi connectivity index (χ0n) is 17.4. The van der Waals surface area contributed by atoms with Gasteiger partial charge in [-0.05, 0) is 24.3 Å². The van der Waals surface area contributed by atoms with Crippen LogP contribution in [0.4, 0.5) is 5.69 Å². The zero-order chi connectivity index (χ0) is 24.7. The Morgan fingerprint density at radius 1 is 0.657 bits per heavy atom. The number of hydrogen-bond donors (Lipinski definition) is 0. The molecule has 0 unspecified atom stereocenters. The number of nitro groups is 1. The third kappa shape index (κ3) is 3.82. The molecular weight excluding hydrogens is 462 g/mol. The Morgan fingerprint density at radius 3 is 1.74 bits per heavy atom. The lowest BCUT2D eigenvalue weighted by molar-refractivity contribution is -0.384. The molecule has 172 valence electrons. The average molecular weight is 473 g/mol. The van der Waals surface area contributed by atoms with Crippen LogP contribution >= 0.6 is 0 Å². The molecule has 13 heteroatoms. The molecule has 2 aromatic carbocycles. The fraction of sp³-hybridized carbons (Fsp3) is 0. The molecule has 4 amide bonds. The molecular formula is C22H11N5O8. The van der Waals surface area contributed by atoms with Gasteiger partial charge < -0.3 is 8.83 Å². The third-order valence-corrected chi connectivity index (χ3v) is 4.90. The number of carbonyl (C=O) groups is 4. The molecule has 0 spiro atoms. The van der Waals surface area contributed by atoms with Crippen molar-refractivity contribution in [3.05, 3.63) is 88.0 Å². The van der Waals surface area contributed by atoms with Crippen molar-refractivity contribution < 1.29 is 32.9 Å². The lowest BCUT2D eigenvalue weighted by atomic mass is 10.2. The van der Waals surface area contributed by atoms with Gasteiger partial charge >= 0.3 is 23.6 Å². The third-order valence-electron chi connectivity index (χ3n) is 4.90. The molecule has 0 N–H and O–H groups in total. The summed E-state index contributed by atoms with van der Waals surface area (Å²) in [4.78, 5) is 60.5. The van der Waals surface area contributed by atoms with Crippen LogP contribution < -0.4 is 11.1 Å². The smallest absolute Gasteiger partial charge is 0.342 e. The number of carbonyl (C=O) groups excluding carboxylic acids is 4. The van der Waals surface area contributed by atoms with Crippen LogP contribution in [0.3, 0.4) is 0 Å². The van der Waals surface area contributed by atoms with E-state index in [-0.39, 0.29) is 32.4 Å². The van der Waals surface area contributed by atoms with E-state index in [1.165, 1.54) is 36.4 Å². The number of nitro benzene ring substituents is 1. The zero-order valence-corrected chi connectivity index (χ0v) is 17.4. The van der Waals surface area contributed by atoms with Gasteiger partial charge in [-0.3, -0.25) is 29.3 Å². The molecule has 35 heavy (non-hydrogen) atoms. The summed E-state index contributed by atoms with van der Waals surface area (Å²) in [6, 6.07) is 16.2. The van der Waals surface area contributed by atoms with Crippen LogP contribution in [0.15, 0.2) is 85.8 Å². The van der Waals surface area contributed by atoms with Gasteiger partial charge in [0.15, 0.2) is 0 Å². The Bertz CT molecular complexity index is 1710. The summed E-state index contributed by atoms with van der Waals surface area (Å²) in [7, 11) is 0. The first-order valence-electron chi connectivity index (χ1n) is 9.85. The van der Waals surface area contributed by atoms with Crippen molar-refractivity contribution in [2.24, 2.45) is 10.2 Å². The highest BCUT2D eigenvalue weighted by Crippen LogP contribution is 2.19. The number of nitrogens with zero attached hydrogens (tertiary/aromatic N) is 5. The highest BCUT2D eigenvalue weighted by Gasteiger charge is 2.46. The largest absolute Gasteiger partial charge is 0.437 e. The number of hydrogen-bond acceptors (Lipinski definition) is 10. The first-order valence-corrected chi connectivity index (χ1v) is 9.85. The van der Waals surface area contributed by atoms with E-state index in [4.69, 9.17) is 8.83 Å². The fourth-order valence-corrected chi connectivity index (χ4v) is 3.23. The van der Waals surface area contributed by atoms with Gasteiger partial charge in [-0.25, -0.2) is 0 Å². The van der Waals surface area contributed by atoms with Gasteiger partial charge in [-0.1, -0.05) is 18.2 Å². The van der Waals surface area contributed by atoms with E-state index >= 15 is 0 Å². The summed E-state index contributed by atoms with van der Waals surface area (Å²) in [5.74, 6) is -5.76. The lowest BCUT2D eigenvalue weighted by Gasteiger charge is -2.23. The molecule has 13 nitrogen and oxygen atoms in total. The highest BCUT2D eigenvalue weighted by atomic mass is 16.6. The first kappa shape index (κ1) is 21.4. The van der Waals surface area contributed by atoms with E-state index < -0.39 is 28.6 Å². The van der Waals surface area contributed by atoms with E-state index in [1.54, 1.807) is 30.3 Å². The molecule has 2 aromatic heterocycles. The average Bonchev–Trinajstić information content (AvgIpc) is 2.87. The van der Waals surface area contributed by atoms with Crippen LogP contribution in [0.2, 0.25) is 0 Å². The number of fused-ring (bicyclic) bond motifs is 2. The van der Waals surface area contributed by atoms with Crippen molar-refractivity contribution in [3.8, 4) is 0 Å². The Balaban J connectivity index is 1.48. The maximum Gasteiger partial charge on any atom is 0.342 e. The van der Waals surface area contributed by atoms with Gasteiger partial charge in [0.05, 0.1) is 4.92 Å². The monoisotopic (exact) mass is 473 g/mol. The van der Waals surface area contributed by atoms with E-state index in [0.29, 0.717) is 11.0 Å². The van der Waals surface area contributed by atoms with Crippen molar-refractivity contribution >= 4 is 51.3 Å². The van der Waals surface area contributed by atoms with Crippen molar-refractivity contribution in [1.29, 1.82) is 0 Å². The molecule has 1 fully saturated rings. The molecule has 0 saturated carbocycles. The van der Waals surface area contributed by atoms with Gasteiger partial charge in [0.25, 0.3) is 5.69 Å².